The third-order valence-corrected chi connectivity index (χ3v) is 4.94. The zero-order chi connectivity index (χ0) is 17.9. The van der Waals surface area contributed by atoms with Crippen LogP contribution in [0, 0.1) is 5.82 Å². The van der Waals surface area contributed by atoms with Crippen molar-refractivity contribution in [2.75, 3.05) is 6.54 Å². The zero-order valence-corrected chi connectivity index (χ0v) is 14.5. The van der Waals surface area contributed by atoms with Crippen molar-refractivity contribution < 1.29 is 14.2 Å². The van der Waals surface area contributed by atoms with Gasteiger partial charge >= 0.3 is 0 Å². The second kappa shape index (κ2) is 7.44. The van der Waals surface area contributed by atoms with Crippen molar-refractivity contribution >= 4 is 10.8 Å². The van der Waals surface area contributed by atoms with Crippen molar-refractivity contribution in [3.8, 4) is 5.75 Å². The fraction of sp³-hybridized carbons (Fsp3) is 0.273. The Labute approximate surface area is 152 Å². The number of aliphatic hydroxyl groups is 1. The predicted molar refractivity (Wildman–Crippen MR) is 101 cm³/mol. The third-order valence-electron chi connectivity index (χ3n) is 4.94. The van der Waals surface area contributed by atoms with E-state index in [0.29, 0.717) is 37.1 Å². The molecule has 0 saturated heterocycles. The monoisotopic (exact) mass is 351 g/mol. The van der Waals surface area contributed by atoms with Crippen LogP contribution in [0.5, 0.6) is 5.75 Å². The molecule has 1 aliphatic rings. The summed E-state index contributed by atoms with van der Waals surface area (Å²) in [7, 11) is 0. The predicted octanol–water partition coefficient (Wildman–Crippen LogP) is 3.82. The van der Waals surface area contributed by atoms with Gasteiger partial charge in [-0.1, -0.05) is 54.6 Å². The van der Waals surface area contributed by atoms with Crippen molar-refractivity contribution in [2.24, 2.45) is 0 Å². The lowest BCUT2D eigenvalue weighted by atomic mass is 9.95. The van der Waals surface area contributed by atoms with E-state index in [4.69, 9.17) is 4.74 Å². The topological polar surface area (TPSA) is 41.5 Å². The van der Waals surface area contributed by atoms with Crippen LogP contribution in [0.15, 0.2) is 60.7 Å². The minimum absolute atomic E-state index is 0.216. The van der Waals surface area contributed by atoms with Gasteiger partial charge in [0.05, 0.1) is 0 Å². The molecule has 0 radical (unpaired) electrons. The molecule has 26 heavy (non-hydrogen) atoms. The van der Waals surface area contributed by atoms with Crippen molar-refractivity contribution in [2.45, 2.75) is 31.6 Å². The van der Waals surface area contributed by atoms with E-state index in [2.05, 4.69) is 5.32 Å². The number of halogens is 1. The van der Waals surface area contributed by atoms with Gasteiger partial charge in [-0.25, -0.2) is 4.39 Å². The van der Waals surface area contributed by atoms with Gasteiger partial charge in [-0.2, -0.15) is 0 Å². The number of fused-ring (bicyclic) bond motifs is 3. The van der Waals surface area contributed by atoms with Crippen molar-refractivity contribution in [3.05, 3.63) is 77.6 Å². The largest absolute Gasteiger partial charge is 0.487 e. The third kappa shape index (κ3) is 3.43. The molecule has 1 aliphatic heterocycles. The number of nitrogens with one attached hydrogen (secondary N) is 1. The van der Waals surface area contributed by atoms with Crippen LogP contribution in [0.25, 0.3) is 10.8 Å². The summed E-state index contributed by atoms with van der Waals surface area (Å²) < 4.78 is 20.4. The smallest absolute Gasteiger partial charge is 0.131 e. The molecule has 0 aliphatic carbocycles. The number of hydrogen-bond donors (Lipinski definition) is 2. The lowest BCUT2D eigenvalue weighted by molar-refractivity contribution is 0.0253. The minimum atomic E-state index is -0.615. The van der Waals surface area contributed by atoms with Crippen LogP contribution in [0.3, 0.4) is 0 Å². The van der Waals surface area contributed by atoms with Crippen LogP contribution in [-0.4, -0.2) is 23.9 Å². The molecule has 0 aromatic heterocycles. The van der Waals surface area contributed by atoms with Gasteiger partial charge in [0.1, 0.15) is 23.8 Å². The van der Waals surface area contributed by atoms with E-state index in [1.54, 1.807) is 12.1 Å². The normalized spacial score (nSPS) is 17.5. The first-order valence-electron chi connectivity index (χ1n) is 9.02. The summed E-state index contributed by atoms with van der Waals surface area (Å²) in [4.78, 5) is 0. The molecule has 4 rings (SSSR count). The molecule has 1 unspecified atom stereocenters. The van der Waals surface area contributed by atoms with Gasteiger partial charge in [0.15, 0.2) is 0 Å². The maximum absolute atomic E-state index is 14.2. The van der Waals surface area contributed by atoms with E-state index in [9.17, 15) is 9.50 Å². The summed E-state index contributed by atoms with van der Waals surface area (Å²) in [5.74, 6) is 0.492. The first-order chi connectivity index (χ1) is 12.7. The summed E-state index contributed by atoms with van der Waals surface area (Å²) in [6, 6.07) is 19.0. The SMILES string of the molecule is OC(CNCc1ccccc1)[C@@H]1CCc2cc(F)c3ccccc3c2O1. The van der Waals surface area contributed by atoms with Crippen molar-refractivity contribution in [1.82, 2.24) is 5.32 Å². The van der Waals surface area contributed by atoms with E-state index in [-0.39, 0.29) is 11.9 Å². The summed E-state index contributed by atoms with van der Waals surface area (Å²) in [6.45, 7) is 1.16. The van der Waals surface area contributed by atoms with Gasteiger partial charge in [-0.05, 0) is 30.0 Å². The number of ether oxygens (including phenoxy) is 1. The van der Waals surface area contributed by atoms with E-state index >= 15 is 0 Å². The van der Waals surface area contributed by atoms with Gasteiger partial charge in [-0.3, -0.25) is 0 Å². The molecule has 2 atom stereocenters. The Bertz CT molecular complexity index is 897. The van der Waals surface area contributed by atoms with E-state index < -0.39 is 6.10 Å². The molecular formula is C22H22FNO2. The Balaban J connectivity index is 1.45. The van der Waals surface area contributed by atoms with Gasteiger partial charge in [0.25, 0.3) is 0 Å². The van der Waals surface area contributed by atoms with Crippen LogP contribution in [0.4, 0.5) is 4.39 Å². The fourth-order valence-electron chi connectivity index (χ4n) is 3.55. The second-order valence-electron chi connectivity index (χ2n) is 6.77. The molecule has 3 aromatic rings. The Morgan fingerprint density at radius 1 is 1.08 bits per heavy atom. The lowest BCUT2D eigenvalue weighted by Gasteiger charge is -2.30. The number of aliphatic hydroxyl groups excluding tert-OH is 1. The first kappa shape index (κ1) is 17.0. The maximum atomic E-state index is 14.2. The number of hydrogen-bond acceptors (Lipinski definition) is 3. The minimum Gasteiger partial charge on any atom is -0.487 e. The van der Waals surface area contributed by atoms with Gasteiger partial charge in [-0.15, -0.1) is 0 Å². The number of rotatable bonds is 5. The summed E-state index contributed by atoms with van der Waals surface area (Å²) in [5.41, 5.74) is 2.05. The van der Waals surface area contributed by atoms with Gasteiger partial charge in [0, 0.05) is 23.9 Å². The van der Waals surface area contributed by atoms with Crippen LogP contribution in [0.1, 0.15) is 17.5 Å². The Morgan fingerprint density at radius 2 is 1.81 bits per heavy atom. The van der Waals surface area contributed by atoms with Gasteiger partial charge < -0.3 is 15.2 Å². The van der Waals surface area contributed by atoms with Crippen LogP contribution >= 0.6 is 0 Å². The standard InChI is InChI=1S/C22H22FNO2/c23-19-12-16-10-11-21(26-22(16)18-9-5-4-8-17(18)19)20(25)14-24-13-15-6-2-1-3-7-15/h1-9,12,20-21,24-25H,10-11,13-14H2/t20?,21-/m0/s1. The summed E-state index contributed by atoms with van der Waals surface area (Å²) in [6.07, 6.45) is 0.478. The van der Waals surface area contributed by atoms with Crippen LogP contribution in [0.2, 0.25) is 0 Å². The molecule has 0 fully saturated rings. The zero-order valence-electron chi connectivity index (χ0n) is 14.5. The van der Waals surface area contributed by atoms with Crippen LogP contribution in [-0.2, 0) is 13.0 Å². The molecule has 3 nitrogen and oxygen atoms in total. The average molecular weight is 351 g/mol. The summed E-state index contributed by atoms with van der Waals surface area (Å²) in [5, 5.41) is 15.2. The Morgan fingerprint density at radius 3 is 2.62 bits per heavy atom. The molecule has 0 amide bonds. The van der Waals surface area contributed by atoms with Gasteiger partial charge in [0.2, 0.25) is 0 Å². The lowest BCUT2D eigenvalue weighted by Crippen LogP contribution is -2.41. The van der Waals surface area contributed by atoms with Crippen molar-refractivity contribution in [1.29, 1.82) is 0 Å². The maximum Gasteiger partial charge on any atom is 0.131 e. The number of benzene rings is 3. The van der Waals surface area contributed by atoms with Crippen LogP contribution < -0.4 is 10.1 Å². The van der Waals surface area contributed by atoms with E-state index in [1.165, 1.54) is 5.56 Å². The summed E-state index contributed by atoms with van der Waals surface area (Å²) >= 11 is 0. The highest BCUT2D eigenvalue weighted by Crippen LogP contribution is 2.37. The molecular weight excluding hydrogens is 329 g/mol. The molecule has 1 heterocycles. The Kier molecular flexibility index (Phi) is 4.87. The molecule has 3 aromatic carbocycles. The molecule has 2 N–H and O–H groups in total. The van der Waals surface area contributed by atoms with E-state index in [0.717, 1.165) is 10.9 Å². The quantitative estimate of drug-likeness (QED) is 0.734. The molecule has 0 saturated carbocycles. The fourth-order valence-corrected chi connectivity index (χ4v) is 3.55. The van der Waals surface area contributed by atoms with E-state index in [1.807, 2.05) is 48.5 Å². The highest BCUT2D eigenvalue weighted by atomic mass is 19.1. The second-order valence-corrected chi connectivity index (χ2v) is 6.77. The number of aryl methyl sites for hydroxylation is 1. The highest BCUT2D eigenvalue weighted by Gasteiger charge is 2.28. The molecule has 0 spiro atoms. The highest BCUT2D eigenvalue weighted by molar-refractivity contribution is 5.90. The average Bonchev–Trinajstić information content (AvgIpc) is 2.69. The molecule has 4 heteroatoms. The first-order valence-corrected chi connectivity index (χ1v) is 9.02. The van der Waals surface area contributed by atoms with Crippen molar-refractivity contribution in [3.63, 3.8) is 0 Å². The molecule has 0 bridgehead atoms. The Hall–Kier alpha value is -2.43. The molecule has 134 valence electrons.